The first-order valence-corrected chi connectivity index (χ1v) is 8.74. The fraction of sp³-hybridized carbons (Fsp3) is 0.125. The van der Waals surface area contributed by atoms with Gasteiger partial charge in [0.15, 0.2) is 0 Å². The number of pyridine rings is 2. The van der Waals surface area contributed by atoms with E-state index in [9.17, 15) is 26.4 Å². The fourth-order valence-electron chi connectivity index (χ4n) is 2.39. The van der Waals surface area contributed by atoms with Gasteiger partial charge in [-0.05, 0) is 17.7 Å². The van der Waals surface area contributed by atoms with Crippen molar-refractivity contribution in [1.29, 1.82) is 0 Å². The largest absolute Gasteiger partial charge is 0.516 e. The molecule has 0 bridgehead atoms. The van der Waals surface area contributed by atoms with E-state index in [4.69, 9.17) is 0 Å². The second-order valence-corrected chi connectivity index (χ2v) is 7.24. The standard InChI is InChI=1S/C16H12F3N3O3S/c17-16(18,19)26(24,25)22(10-11-4-2-1-3-5-11)14-8-12-6-7-20-9-13(12)21-15(14)23/h1-9H,10H2,(H,21,23). The van der Waals surface area contributed by atoms with Crippen molar-refractivity contribution in [2.24, 2.45) is 0 Å². The molecule has 0 saturated heterocycles. The molecule has 0 aliphatic carbocycles. The summed E-state index contributed by atoms with van der Waals surface area (Å²) in [5, 5.41) is 0.352. The second kappa shape index (κ2) is 6.45. The highest BCUT2D eigenvalue weighted by Crippen LogP contribution is 2.31. The number of sulfonamides is 1. The van der Waals surface area contributed by atoms with E-state index < -0.39 is 33.3 Å². The van der Waals surface area contributed by atoms with Gasteiger partial charge in [-0.2, -0.15) is 21.6 Å². The van der Waals surface area contributed by atoms with Crippen LogP contribution in [0.15, 0.2) is 59.7 Å². The van der Waals surface area contributed by atoms with Crippen LogP contribution in [0.4, 0.5) is 18.9 Å². The molecule has 10 heteroatoms. The lowest BCUT2D eigenvalue weighted by molar-refractivity contribution is -0.0438. The average Bonchev–Trinajstić information content (AvgIpc) is 2.59. The third-order valence-corrected chi connectivity index (χ3v) is 5.14. The Balaban J connectivity index is 2.21. The Bertz CT molecular complexity index is 1100. The Morgan fingerprint density at radius 1 is 1.12 bits per heavy atom. The van der Waals surface area contributed by atoms with Gasteiger partial charge in [-0.25, -0.2) is 0 Å². The smallest absolute Gasteiger partial charge is 0.319 e. The van der Waals surface area contributed by atoms with Crippen molar-refractivity contribution in [1.82, 2.24) is 9.97 Å². The van der Waals surface area contributed by atoms with Crippen molar-refractivity contribution in [3.05, 3.63) is 70.8 Å². The molecule has 1 aromatic carbocycles. The summed E-state index contributed by atoms with van der Waals surface area (Å²) in [5.41, 5.74) is -6.56. The van der Waals surface area contributed by atoms with Crippen LogP contribution in [0.5, 0.6) is 0 Å². The summed E-state index contributed by atoms with van der Waals surface area (Å²) in [6.45, 7) is -0.637. The van der Waals surface area contributed by atoms with Crippen LogP contribution in [0.2, 0.25) is 0 Å². The Labute approximate surface area is 146 Å². The summed E-state index contributed by atoms with van der Waals surface area (Å²) in [7, 11) is -5.78. The van der Waals surface area contributed by atoms with Gasteiger partial charge >= 0.3 is 15.5 Å². The highest BCUT2D eigenvalue weighted by atomic mass is 32.2. The maximum absolute atomic E-state index is 13.2. The predicted octanol–water partition coefficient (Wildman–Crippen LogP) is 2.78. The maximum atomic E-state index is 13.2. The number of nitrogens with one attached hydrogen (secondary N) is 1. The van der Waals surface area contributed by atoms with E-state index in [1.54, 1.807) is 18.2 Å². The number of hydrogen-bond acceptors (Lipinski definition) is 4. The second-order valence-electron chi connectivity index (χ2n) is 5.39. The monoisotopic (exact) mass is 383 g/mol. The van der Waals surface area contributed by atoms with Gasteiger partial charge < -0.3 is 4.98 Å². The highest BCUT2D eigenvalue weighted by Gasteiger charge is 2.50. The number of anilines is 1. The number of aromatic amines is 1. The van der Waals surface area contributed by atoms with Gasteiger partial charge in [0.2, 0.25) is 0 Å². The molecule has 2 heterocycles. The zero-order valence-corrected chi connectivity index (χ0v) is 13.9. The van der Waals surface area contributed by atoms with E-state index in [2.05, 4.69) is 9.97 Å². The van der Waals surface area contributed by atoms with E-state index in [1.807, 2.05) is 0 Å². The minimum atomic E-state index is -5.78. The number of alkyl halides is 3. The molecule has 0 atom stereocenters. The molecular formula is C16H12F3N3O3S. The summed E-state index contributed by atoms with van der Waals surface area (Å²) in [4.78, 5) is 18.4. The quantitative estimate of drug-likeness (QED) is 0.751. The lowest BCUT2D eigenvalue weighted by Crippen LogP contribution is -2.42. The van der Waals surface area contributed by atoms with E-state index in [-0.39, 0.29) is 9.82 Å². The summed E-state index contributed by atoms with van der Waals surface area (Å²) >= 11 is 0. The van der Waals surface area contributed by atoms with Crippen molar-refractivity contribution in [2.45, 2.75) is 12.1 Å². The molecule has 26 heavy (non-hydrogen) atoms. The van der Waals surface area contributed by atoms with Gasteiger partial charge in [0.25, 0.3) is 5.56 Å². The first kappa shape index (κ1) is 17.9. The molecule has 0 aliphatic heterocycles. The van der Waals surface area contributed by atoms with Crippen LogP contribution in [0.3, 0.4) is 0 Å². The Kier molecular flexibility index (Phi) is 4.45. The number of H-pyrrole nitrogens is 1. The van der Waals surface area contributed by atoms with Gasteiger partial charge in [-0.3, -0.25) is 14.1 Å². The molecule has 136 valence electrons. The highest BCUT2D eigenvalue weighted by molar-refractivity contribution is 7.93. The number of fused-ring (bicyclic) bond motifs is 1. The van der Waals surface area contributed by atoms with Crippen LogP contribution >= 0.6 is 0 Å². The molecule has 6 nitrogen and oxygen atoms in total. The van der Waals surface area contributed by atoms with Crippen molar-refractivity contribution in [2.75, 3.05) is 4.31 Å². The van der Waals surface area contributed by atoms with Crippen molar-refractivity contribution >= 4 is 26.6 Å². The zero-order chi connectivity index (χ0) is 18.9. The van der Waals surface area contributed by atoms with Gasteiger partial charge in [0.1, 0.15) is 5.69 Å². The first-order valence-electron chi connectivity index (χ1n) is 7.30. The van der Waals surface area contributed by atoms with Crippen LogP contribution < -0.4 is 9.86 Å². The lowest BCUT2D eigenvalue weighted by atomic mass is 10.2. The average molecular weight is 383 g/mol. The van der Waals surface area contributed by atoms with Crippen LogP contribution in [-0.2, 0) is 16.6 Å². The van der Waals surface area contributed by atoms with Gasteiger partial charge in [-0.1, -0.05) is 30.3 Å². The molecule has 0 amide bonds. The molecule has 3 rings (SSSR count). The van der Waals surface area contributed by atoms with Crippen LogP contribution in [0.1, 0.15) is 5.56 Å². The molecule has 0 spiro atoms. The third kappa shape index (κ3) is 3.27. The number of benzene rings is 1. The normalized spacial score (nSPS) is 12.3. The minimum Gasteiger partial charge on any atom is -0.319 e. The maximum Gasteiger partial charge on any atom is 0.516 e. The summed E-state index contributed by atoms with van der Waals surface area (Å²) in [6.07, 6.45) is 2.70. The van der Waals surface area contributed by atoms with E-state index in [1.165, 1.54) is 30.6 Å². The number of hydrogen-bond donors (Lipinski definition) is 1. The molecule has 0 aliphatic rings. The Hall–Kier alpha value is -2.88. The molecule has 0 saturated carbocycles. The van der Waals surface area contributed by atoms with Crippen LogP contribution in [-0.4, -0.2) is 23.9 Å². The summed E-state index contributed by atoms with van der Waals surface area (Å²) in [6, 6.07) is 10.3. The van der Waals surface area contributed by atoms with Crippen molar-refractivity contribution < 1.29 is 21.6 Å². The Morgan fingerprint density at radius 3 is 2.46 bits per heavy atom. The van der Waals surface area contributed by atoms with Crippen LogP contribution in [0.25, 0.3) is 10.9 Å². The van der Waals surface area contributed by atoms with E-state index in [0.717, 1.165) is 6.07 Å². The zero-order valence-electron chi connectivity index (χ0n) is 13.1. The van der Waals surface area contributed by atoms with E-state index in [0.29, 0.717) is 10.9 Å². The molecule has 3 aromatic rings. The van der Waals surface area contributed by atoms with Crippen molar-refractivity contribution in [3.8, 4) is 0 Å². The SMILES string of the molecule is O=c1[nH]c2cnccc2cc1N(Cc1ccccc1)S(=O)(=O)C(F)(F)F. The minimum absolute atomic E-state index is 0.0705. The number of halogens is 3. The molecule has 2 aromatic heterocycles. The molecule has 1 N–H and O–H groups in total. The molecular weight excluding hydrogens is 371 g/mol. The van der Waals surface area contributed by atoms with Gasteiger partial charge in [-0.15, -0.1) is 0 Å². The fourth-order valence-corrected chi connectivity index (χ4v) is 3.36. The van der Waals surface area contributed by atoms with Gasteiger partial charge in [0, 0.05) is 11.6 Å². The molecule has 0 unspecified atom stereocenters. The number of aromatic nitrogens is 2. The van der Waals surface area contributed by atoms with Gasteiger partial charge in [0.05, 0.1) is 18.3 Å². The number of nitrogens with zero attached hydrogens (tertiary/aromatic N) is 2. The summed E-state index contributed by atoms with van der Waals surface area (Å²) < 4.78 is 63.7. The van der Waals surface area contributed by atoms with E-state index >= 15 is 0 Å². The molecule has 0 fully saturated rings. The van der Waals surface area contributed by atoms with Crippen LogP contribution in [0, 0.1) is 0 Å². The number of rotatable bonds is 4. The topological polar surface area (TPSA) is 83.1 Å². The molecule has 0 radical (unpaired) electrons. The summed E-state index contributed by atoms with van der Waals surface area (Å²) in [5.74, 6) is 0. The predicted molar refractivity (Wildman–Crippen MR) is 90.0 cm³/mol. The third-order valence-electron chi connectivity index (χ3n) is 3.65. The first-order chi connectivity index (χ1) is 12.2. The lowest BCUT2D eigenvalue weighted by Gasteiger charge is -2.25. The Morgan fingerprint density at radius 2 is 1.81 bits per heavy atom. The van der Waals surface area contributed by atoms with Crippen molar-refractivity contribution in [3.63, 3.8) is 0 Å².